The number of nitrogens with one attached hydrogen (secondary N) is 1. The van der Waals surface area contributed by atoms with Gasteiger partial charge in [0.25, 0.3) is 0 Å². The van der Waals surface area contributed by atoms with Gasteiger partial charge < -0.3 is 9.88 Å². The third-order valence-corrected chi connectivity index (χ3v) is 4.96. The molecule has 2 rings (SSSR count). The molecule has 0 aliphatic carbocycles. The van der Waals surface area contributed by atoms with Crippen molar-refractivity contribution in [2.24, 2.45) is 7.05 Å². The Morgan fingerprint density at radius 2 is 1.95 bits per heavy atom. The number of benzene rings is 1. The highest BCUT2D eigenvalue weighted by Crippen LogP contribution is 2.31. The summed E-state index contributed by atoms with van der Waals surface area (Å²) in [6, 6.07) is 9.31. The summed E-state index contributed by atoms with van der Waals surface area (Å²) in [6.07, 6.45) is 4.93. The normalized spacial score (nSPS) is 14.1. The van der Waals surface area contributed by atoms with E-state index in [4.69, 9.17) is 0 Å². The third-order valence-electron chi connectivity index (χ3n) is 3.71. The van der Waals surface area contributed by atoms with Gasteiger partial charge in [0.1, 0.15) is 0 Å². The molecule has 1 aromatic heterocycles. The lowest BCUT2D eigenvalue weighted by Crippen LogP contribution is -2.28. The number of thioether (sulfide) groups is 1. The summed E-state index contributed by atoms with van der Waals surface area (Å²) in [5.74, 6) is 0. The zero-order chi connectivity index (χ0) is 15.2. The smallest absolute Gasteiger partial charge is 0.167 e. The van der Waals surface area contributed by atoms with E-state index in [0.717, 1.165) is 18.1 Å². The second kappa shape index (κ2) is 7.66. The predicted molar refractivity (Wildman–Crippen MR) is 90.8 cm³/mol. The number of aryl methyl sites for hydroxylation is 2. The van der Waals surface area contributed by atoms with Crippen LogP contribution in [0.1, 0.15) is 37.9 Å². The average molecular weight is 303 g/mol. The summed E-state index contributed by atoms with van der Waals surface area (Å²) in [5, 5.41) is 5.09. The molecule has 0 fully saturated rings. The van der Waals surface area contributed by atoms with Crippen LogP contribution in [0.25, 0.3) is 0 Å². The van der Waals surface area contributed by atoms with E-state index in [1.54, 1.807) is 0 Å². The van der Waals surface area contributed by atoms with Crippen molar-refractivity contribution in [2.75, 3.05) is 6.54 Å². The van der Waals surface area contributed by atoms with Crippen LogP contribution in [-0.2, 0) is 13.5 Å². The van der Waals surface area contributed by atoms with Gasteiger partial charge in [-0.05, 0) is 24.1 Å². The van der Waals surface area contributed by atoms with Crippen LogP contribution >= 0.6 is 11.8 Å². The Morgan fingerprint density at radius 1 is 1.24 bits per heavy atom. The molecule has 2 unspecified atom stereocenters. The zero-order valence-corrected chi connectivity index (χ0v) is 14.2. The Bertz CT molecular complexity index is 547. The fraction of sp³-hybridized carbons (Fsp3) is 0.471. The first-order valence-corrected chi connectivity index (χ1v) is 8.49. The number of aromatic nitrogens is 2. The second-order valence-corrected chi connectivity index (χ2v) is 6.62. The number of nitrogens with zero attached hydrogens (tertiary/aromatic N) is 2. The van der Waals surface area contributed by atoms with Gasteiger partial charge >= 0.3 is 0 Å². The highest BCUT2D eigenvalue weighted by atomic mass is 32.2. The standard InChI is InChI=1S/C17H25N3S/c1-5-14-7-9-15(10-8-14)16(18-6-2)13(3)21-17-19-11-12-20(17)4/h7-13,16,18H,5-6H2,1-4H3. The highest BCUT2D eigenvalue weighted by molar-refractivity contribution is 7.99. The summed E-state index contributed by atoms with van der Waals surface area (Å²) in [5.41, 5.74) is 2.74. The third kappa shape index (κ3) is 4.11. The van der Waals surface area contributed by atoms with Crippen LogP contribution in [0, 0.1) is 0 Å². The molecule has 1 aromatic carbocycles. The number of hydrogen-bond acceptors (Lipinski definition) is 3. The first-order chi connectivity index (χ1) is 10.2. The molecule has 0 saturated carbocycles. The summed E-state index contributed by atoms with van der Waals surface area (Å²) in [7, 11) is 2.04. The monoisotopic (exact) mass is 303 g/mol. The first-order valence-electron chi connectivity index (χ1n) is 7.61. The lowest BCUT2D eigenvalue weighted by molar-refractivity contribution is 0.546. The molecule has 1 N–H and O–H groups in total. The summed E-state index contributed by atoms with van der Waals surface area (Å²) in [4.78, 5) is 4.42. The van der Waals surface area contributed by atoms with Gasteiger partial charge in [-0.3, -0.25) is 0 Å². The average Bonchev–Trinajstić information content (AvgIpc) is 2.90. The molecule has 21 heavy (non-hydrogen) atoms. The minimum Gasteiger partial charge on any atom is -0.329 e. The molecule has 2 aromatic rings. The molecule has 114 valence electrons. The maximum Gasteiger partial charge on any atom is 0.167 e. The molecule has 2 atom stereocenters. The van der Waals surface area contributed by atoms with Crippen molar-refractivity contribution in [2.45, 2.75) is 43.6 Å². The van der Waals surface area contributed by atoms with Crippen LogP contribution in [0.2, 0.25) is 0 Å². The van der Waals surface area contributed by atoms with Gasteiger partial charge in [0, 0.05) is 30.7 Å². The van der Waals surface area contributed by atoms with E-state index in [2.05, 4.69) is 59.9 Å². The van der Waals surface area contributed by atoms with Crippen LogP contribution < -0.4 is 5.32 Å². The van der Waals surface area contributed by atoms with Crippen molar-refractivity contribution in [1.29, 1.82) is 0 Å². The molecule has 3 nitrogen and oxygen atoms in total. The molecule has 0 aliphatic heterocycles. The van der Waals surface area contributed by atoms with E-state index in [9.17, 15) is 0 Å². The van der Waals surface area contributed by atoms with Crippen LogP contribution in [0.4, 0.5) is 0 Å². The second-order valence-electron chi connectivity index (χ2n) is 5.27. The van der Waals surface area contributed by atoms with Gasteiger partial charge in [0.2, 0.25) is 0 Å². The van der Waals surface area contributed by atoms with Gasteiger partial charge in [-0.2, -0.15) is 0 Å². The zero-order valence-electron chi connectivity index (χ0n) is 13.3. The van der Waals surface area contributed by atoms with Gasteiger partial charge in [-0.1, -0.05) is 56.8 Å². The van der Waals surface area contributed by atoms with Crippen LogP contribution in [0.15, 0.2) is 41.8 Å². The molecule has 0 radical (unpaired) electrons. The van der Waals surface area contributed by atoms with Crippen molar-refractivity contribution in [3.63, 3.8) is 0 Å². The van der Waals surface area contributed by atoms with Crippen molar-refractivity contribution >= 4 is 11.8 Å². The Kier molecular flexibility index (Phi) is 5.88. The van der Waals surface area contributed by atoms with Gasteiger partial charge in [-0.25, -0.2) is 4.98 Å². The quantitative estimate of drug-likeness (QED) is 0.789. The van der Waals surface area contributed by atoms with E-state index in [-0.39, 0.29) is 0 Å². The number of hydrogen-bond donors (Lipinski definition) is 1. The SMILES string of the molecule is CCNC(c1ccc(CC)cc1)C(C)Sc1nccn1C. The molecule has 0 spiro atoms. The minimum atomic E-state index is 0.336. The lowest BCUT2D eigenvalue weighted by atomic mass is 10.0. The van der Waals surface area contributed by atoms with Crippen molar-refractivity contribution in [3.05, 3.63) is 47.8 Å². The molecule has 0 bridgehead atoms. The van der Waals surface area contributed by atoms with Gasteiger partial charge in [-0.15, -0.1) is 0 Å². The van der Waals surface area contributed by atoms with E-state index in [1.165, 1.54) is 11.1 Å². The molecule has 4 heteroatoms. The van der Waals surface area contributed by atoms with Crippen LogP contribution in [0.3, 0.4) is 0 Å². The Labute approximate surface area is 132 Å². The topological polar surface area (TPSA) is 29.9 Å². The summed E-state index contributed by atoms with van der Waals surface area (Å²) < 4.78 is 2.07. The molecular formula is C17H25N3S. The minimum absolute atomic E-state index is 0.336. The van der Waals surface area contributed by atoms with E-state index in [1.807, 2.05) is 31.2 Å². The summed E-state index contributed by atoms with van der Waals surface area (Å²) in [6.45, 7) is 7.58. The Hall–Kier alpha value is -1.26. The molecule has 0 amide bonds. The summed E-state index contributed by atoms with van der Waals surface area (Å²) >= 11 is 1.82. The highest BCUT2D eigenvalue weighted by Gasteiger charge is 2.20. The largest absolute Gasteiger partial charge is 0.329 e. The molecule has 1 heterocycles. The first kappa shape index (κ1) is 16.1. The lowest BCUT2D eigenvalue weighted by Gasteiger charge is -2.25. The van der Waals surface area contributed by atoms with Crippen molar-refractivity contribution in [1.82, 2.24) is 14.9 Å². The van der Waals surface area contributed by atoms with E-state index >= 15 is 0 Å². The van der Waals surface area contributed by atoms with Crippen LogP contribution in [0.5, 0.6) is 0 Å². The van der Waals surface area contributed by atoms with Gasteiger partial charge in [0.05, 0.1) is 0 Å². The van der Waals surface area contributed by atoms with E-state index < -0.39 is 0 Å². The predicted octanol–water partition coefficient (Wildman–Crippen LogP) is 3.81. The Balaban J connectivity index is 2.14. The fourth-order valence-electron chi connectivity index (χ4n) is 2.44. The molecule has 0 saturated heterocycles. The Morgan fingerprint density at radius 3 is 2.48 bits per heavy atom. The molecular weight excluding hydrogens is 278 g/mol. The van der Waals surface area contributed by atoms with E-state index in [0.29, 0.717) is 11.3 Å². The number of rotatable bonds is 7. The maximum atomic E-state index is 4.42. The maximum absolute atomic E-state index is 4.42. The van der Waals surface area contributed by atoms with Crippen molar-refractivity contribution < 1.29 is 0 Å². The van der Waals surface area contributed by atoms with Crippen LogP contribution in [-0.4, -0.2) is 21.3 Å². The fourth-order valence-corrected chi connectivity index (χ4v) is 3.51. The number of imidazole rings is 1. The van der Waals surface area contributed by atoms with Gasteiger partial charge in [0.15, 0.2) is 5.16 Å². The molecule has 0 aliphatic rings. The van der Waals surface area contributed by atoms with Crippen molar-refractivity contribution in [3.8, 4) is 0 Å².